The third-order valence-electron chi connectivity index (χ3n) is 2.60. The van der Waals surface area contributed by atoms with Crippen LogP contribution in [0.3, 0.4) is 0 Å². The van der Waals surface area contributed by atoms with Gasteiger partial charge in [0, 0.05) is 29.7 Å². The van der Waals surface area contributed by atoms with E-state index in [1.807, 2.05) is 6.07 Å². The number of nitrogens with one attached hydrogen (secondary N) is 1. The van der Waals surface area contributed by atoms with Gasteiger partial charge in [0.1, 0.15) is 6.33 Å². The molecule has 0 aromatic carbocycles. The molecule has 0 aliphatic heterocycles. The highest BCUT2D eigenvalue weighted by molar-refractivity contribution is 6.03. The molecule has 0 saturated carbocycles. The summed E-state index contributed by atoms with van der Waals surface area (Å²) in [6.07, 6.45) is 6.67. The maximum absolute atomic E-state index is 11.4. The standard InChI is InChI=1S/C11H9N5O/c12-10(17)8-2-4-16-11(14-6-15-16)9(8)7-1-3-13-5-7/h1-6,13H,(H2,12,17). The first-order valence-electron chi connectivity index (χ1n) is 5.02. The highest BCUT2D eigenvalue weighted by atomic mass is 16.1. The van der Waals surface area contributed by atoms with Gasteiger partial charge < -0.3 is 10.7 Å². The molecule has 3 aromatic rings. The fourth-order valence-electron chi connectivity index (χ4n) is 1.86. The molecule has 6 nitrogen and oxygen atoms in total. The van der Waals surface area contributed by atoms with Gasteiger partial charge in [-0.25, -0.2) is 9.50 Å². The first-order chi connectivity index (χ1) is 8.27. The fourth-order valence-corrected chi connectivity index (χ4v) is 1.86. The number of aromatic amines is 1. The number of hydrogen-bond acceptors (Lipinski definition) is 3. The number of carbonyl (C=O) groups is 1. The summed E-state index contributed by atoms with van der Waals surface area (Å²) >= 11 is 0. The average Bonchev–Trinajstić information content (AvgIpc) is 2.98. The molecule has 3 aromatic heterocycles. The number of rotatable bonds is 2. The van der Waals surface area contributed by atoms with Crippen molar-refractivity contribution in [3.63, 3.8) is 0 Å². The van der Waals surface area contributed by atoms with E-state index in [4.69, 9.17) is 5.73 Å². The molecule has 0 atom stereocenters. The minimum Gasteiger partial charge on any atom is -0.367 e. The summed E-state index contributed by atoms with van der Waals surface area (Å²) in [6.45, 7) is 0. The normalized spacial score (nSPS) is 10.8. The molecule has 0 spiro atoms. The lowest BCUT2D eigenvalue weighted by atomic mass is 10.0. The highest BCUT2D eigenvalue weighted by Gasteiger charge is 2.15. The predicted octanol–water partition coefficient (Wildman–Crippen LogP) is 0.823. The molecule has 1 amide bonds. The van der Waals surface area contributed by atoms with Crippen LogP contribution < -0.4 is 5.73 Å². The van der Waals surface area contributed by atoms with Crippen molar-refractivity contribution >= 4 is 11.6 Å². The number of hydrogen-bond donors (Lipinski definition) is 2. The van der Waals surface area contributed by atoms with Crippen LogP contribution in [0.5, 0.6) is 0 Å². The summed E-state index contributed by atoms with van der Waals surface area (Å²) < 4.78 is 1.61. The first kappa shape index (κ1) is 9.59. The van der Waals surface area contributed by atoms with Gasteiger partial charge in [-0.15, -0.1) is 0 Å². The van der Waals surface area contributed by atoms with Gasteiger partial charge in [0.25, 0.3) is 0 Å². The van der Waals surface area contributed by atoms with Crippen LogP contribution in [0.4, 0.5) is 0 Å². The lowest BCUT2D eigenvalue weighted by molar-refractivity contribution is 0.100. The second-order valence-corrected chi connectivity index (χ2v) is 3.60. The zero-order valence-corrected chi connectivity index (χ0v) is 8.79. The van der Waals surface area contributed by atoms with E-state index in [0.717, 1.165) is 5.56 Å². The Morgan fingerprint density at radius 1 is 1.41 bits per heavy atom. The van der Waals surface area contributed by atoms with Gasteiger partial charge >= 0.3 is 0 Å². The summed E-state index contributed by atoms with van der Waals surface area (Å²) in [5.41, 5.74) is 7.97. The molecule has 0 bridgehead atoms. The van der Waals surface area contributed by atoms with E-state index < -0.39 is 5.91 Å². The molecule has 0 radical (unpaired) electrons. The summed E-state index contributed by atoms with van der Waals surface area (Å²) in [5, 5.41) is 4.03. The number of H-pyrrole nitrogens is 1. The van der Waals surface area contributed by atoms with Gasteiger partial charge in [-0.05, 0) is 12.1 Å². The van der Waals surface area contributed by atoms with E-state index in [2.05, 4.69) is 15.1 Å². The van der Waals surface area contributed by atoms with Gasteiger partial charge in [0.05, 0.1) is 5.56 Å². The van der Waals surface area contributed by atoms with Crippen LogP contribution in [0.1, 0.15) is 10.4 Å². The van der Waals surface area contributed by atoms with Crippen LogP contribution in [0.25, 0.3) is 16.8 Å². The van der Waals surface area contributed by atoms with E-state index in [0.29, 0.717) is 16.8 Å². The second-order valence-electron chi connectivity index (χ2n) is 3.60. The lowest BCUT2D eigenvalue weighted by Crippen LogP contribution is -2.13. The zero-order chi connectivity index (χ0) is 11.8. The van der Waals surface area contributed by atoms with Crippen LogP contribution in [-0.4, -0.2) is 25.5 Å². The minimum absolute atomic E-state index is 0.435. The minimum atomic E-state index is -0.480. The maximum atomic E-state index is 11.4. The smallest absolute Gasteiger partial charge is 0.249 e. The van der Waals surface area contributed by atoms with E-state index in [1.165, 1.54) is 6.33 Å². The largest absolute Gasteiger partial charge is 0.367 e. The van der Waals surface area contributed by atoms with Crippen molar-refractivity contribution in [3.05, 3.63) is 42.6 Å². The van der Waals surface area contributed by atoms with E-state index in [1.54, 1.807) is 29.2 Å². The fraction of sp³-hybridized carbons (Fsp3) is 0. The number of aromatic nitrogens is 4. The summed E-state index contributed by atoms with van der Waals surface area (Å²) in [5.74, 6) is -0.480. The summed E-state index contributed by atoms with van der Waals surface area (Å²) in [4.78, 5) is 18.5. The van der Waals surface area contributed by atoms with Crippen LogP contribution in [0.2, 0.25) is 0 Å². The van der Waals surface area contributed by atoms with Crippen molar-refractivity contribution in [2.45, 2.75) is 0 Å². The van der Waals surface area contributed by atoms with Gasteiger partial charge in [-0.1, -0.05) is 0 Å². The first-order valence-corrected chi connectivity index (χ1v) is 5.02. The number of carbonyl (C=O) groups excluding carboxylic acids is 1. The molecule has 6 heteroatoms. The quantitative estimate of drug-likeness (QED) is 0.679. The van der Waals surface area contributed by atoms with Gasteiger partial charge in [-0.3, -0.25) is 4.79 Å². The number of amides is 1. The molecular weight excluding hydrogens is 218 g/mol. The molecule has 3 N–H and O–H groups in total. The third kappa shape index (κ3) is 1.38. The zero-order valence-electron chi connectivity index (χ0n) is 8.79. The Hall–Kier alpha value is -2.63. The molecule has 0 fully saturated rings. The van der Waals surface area contributed by atoms with Crippen molar-refractivity contribution in [3.8, 4) is 11.1 Å². The molecule has 0 aliphatic carbocycles. The average molecular weight is 227 g/mol. The third-order valence-corrected chi connectivity index (χ3v) is 2.60. The molecule has 3 rings (SSSR count). The van der Waals surface area contributed by atoms with Gasteiger partial charge in [-0.2, -0.15) is 5.10 Å². The molecule has 17 heavy (non-hydrogen) atoms. The monoisotopic (exact) mass is 227 g/mol. The number of fused-ring (bicyclic) bond motifs is 1. The lowest BCUT2D eigenvalue weighted by Gasteiger charge is -2.05. The van der Waals surface area contributed by atoms with E-state index in [-0.39, 0.29) is 0 Å². The van der Waals surface area contributed by atoms with Crippen LogP contribution in [0.15, 0.2) is 37.1 Å². The number of nitrogens with two attached hydrogens (primary N) is 1. The van der Waals surface area contributed by atoms with Crippen LogP contribution in [-0.2, 0) is 0 Å². The van der Waals surface area contributed by atoms with Crippen molar-refractivity contribution in [1.82, 2.24) is 19.6 Å². The molecule has 0 unspecified atom stereocenters. The summed E-state index contributed by atoms with van der Waals surface area (Å²) in [6, 6.07) is 3.50. The van der Waals surface area contributed by atoms with Crippen molar-refractivity contribution < 1.29 is 4.79 Å². The van der Waals surface area contributed by atoms with Gasteiger partial charge in [0.2, 0.25) is 5.91 Å². The Morgan fingerprint density at radius 3 is 3.00 bits per heavy atom. The molecular formula is C11H9N5O. The van der Waals surface area contributed by atoms with Crippen molar-refractivity contribution in [1.29, 1.82) is 0 Å². The predicted molar refractivity (Wildman–Crippen MR) is 61.3 cm³/mol. The molecule has 3 heterocycles. The second kappa shape index (κ2) is 3.44. The Kier molecular flexibility index (Phi) is 1.94. The Labute approximate surface area is 96.1 Å². The Morgan fingerprint density at radius 2 is 2.29 bits per heavy atom. The Bertz CT molecular complexity index is 683. The topological polar surface area (TPSA) is 89.1 Å². The maximum Gasteiger partial charge on any atom is 0.249 e. The van der Waals surface area contributed by atoms with Gasteiger partial charge in [0.15, 0.2) is 5.65 Å². The van der Waals surface area contributed by atoms with Crippen molar-refractivity contribution in [2.24, 2.45) is 5.73 Å². The summed E-state index contributed by atoms with van der Waals surface area (Å²) in [7, 11) is 0. The molecule has 0 saturated heterocycles. The molecule has 0 aliphatic rings. The van der Waals surface area contributed by atoms with Crippen molar-refractivity contribution in [2.75, 3.05) is 0 Å². The Balaban J connectivity index is 2.42. The number of pyridine rings is 1. The molecule has 84 valence electrons. The highest BCUT2D eigenvalue weighted by Crippen LogP contribution is 2.26. The van der Waals surface area contributed by atoms with Crippen LogP contribution in [0, 0.1) is 0 Å². The van der Waals surface area contributed by atoms with Crippen LogP contribution >= 0.6 is 0 Å². The van der Waals surface area contributed by atoms with E-state index in [9.17, 15) is 4.79 Å². The van der Waals surface area contributed by atoms with E-state index >= 15 is 0 Å². The number of nitrogens with zero attached hydrogens (tertiary/aromatic N) is 3. The number of primary amides is 1. The SMILES string of the molecule is NC(=O)c1ccn2ncnc2c1-c1cc[nH]c1.